The summed E-state index contributed by atoms with van der Waals surface area (Å²) < 4.78 is 18.3. The zero-order chi connectivity index (χ0) is 21.9. The molecule has 0 bridgehead atoms. The van der Waals surface area contributed by atoms with Crippen molar-refractivity contribution >= 4 is 86.4 Å². The summed E-state index contributed by atoms with van der Waals surface area (Å²) in [5.74, 6) is -0.509. The predicted molar refractivity (Wildman–Crippen MR) is 127 cm³/mol. The number of halogens is 5. The summed E-state index contributed by atoms with van der Waals surface area (Å²) in [5, 5.41) is 1.74. The van der Waals surface area contributed by atoms with E-state index in [-0.39, 0.29) is 12.5 Å². The Morgan fingerprint density at radius 1 is 1.19 bits per heavy atom. The molecule has 5 rings (SSSR count). The van der Waals surface area contributed by atoms with E-state index in [4.69, 9.17) is 46.4 Å². The average Bonchev–Trinajstić information content (AvgIpc) is 3.37. The Kier molecular flexibility index (Phi) is 5.56. The van der Waals surface area contributed by atoms with Gasteiger partial charge in [0.15, 0.2) is 5.13 Å². The van der Waals surface area contributed by atoms with E-state index in [0.717, 1.165) is 30.4 Å². The highest BCUT2D eigenvalue weighted by Gasteiger charge is 2.60. The Bertz CT molecular complexity index is 1230. The number of fused-ring (bicyclic) bond motifs is 2. The van der Waals surface area contributed by atoms with Crippen LogP contribution in [0.3, 0.4) is 0 Å². The van der Waals surface area contributed by atoms with Gasteiger partial charge < -0.3 is 9.62 Å². The number of hydrogen-bond acceptors (Lipinski definition) is 5. The topological polar surface area (TPSA) is 45.2 Å². The molecule has 2 aromatic carbocycles. The van der Waals surface area contributed by atoms with Crippen LogP contribution < -0.4 is 9.62 Å². The molecular formula is C20H12Cl4FN3OS2. The van der Waals surface area contributed by atoms with Crippen molar-refractivity contribution in [1.82, 2.24) is 4.98 Å². The molecule has 1 spiro atoms. The summed E-state index contributed by atoms with van der Waals surface area (Å²) >= 11 is 27.2. The minimum absolute atomic E-state index is 0.0519. The van der Waals surface area contributed by atoms with Gasteiger partial charge in [-0.25, -0.2) is 9.37 Å². The Hall–Kier alpha value is -1.22. The second-order valence-electron chi connectivity index (χ2n) is 7.28. The minimum atomic E-state index is -0.614. The Morgan fingerprint density at radius 2 is 1.97 bits per heavy atom. The molecule has 0 saturated heterocycles. The van der Waals surface area contributed by atoms with Gasteiger partial charge in [-0.15, -0.1) is 0 Å². The van der Waals surface area contributed by atoms with Gasteiger partial charge in [0, 0.05) is 16.3 Å². The second-order valence-corrected chi connectivity index (χ2v) is 11.0. The van der Waals surface area contributed by atoms with Gasteiger partial charge in [0.05, 0.1) is 33.1 Å². The van der Waals surface area contributed by atoms with Crippen LogP contribution in [0.5, 0.6) is 0 Å². The van der Waals surface area contributed by atoms with Crippen molar-refractivity contribution in [2.75, 3.05) is 9.62 Å². The van der Waals surface area contributed by atoms with Crippen molar-refractivity contribution in [2.24, 2.45) is 0 Å². The molecule has 0 atom stereocenters. The highest BCUT2D eigenvalue weighted by molar-refractivity contribution is 8.00. The fraction of sp³-hybridized carbons (Fsp3) is 0.200. The smallest absolute Gasteiger partial charge is 0.238 e. The van der Waals surface area contributed by atoms with Gasteiger partial charge in [-0.3, -0.25) is 4.79 Å². The lowest BCUT2D eigenvalue weighted by Gasteiger charge is -2.19. The number of nitrogens with zero attached hydrogens (tertiary/aromatic N) is 2. The third-order valence-corrected chi connectivity index (χ3v) is 8.55. The Balaban J connectivity index is 1.41. The van der Waals surface area contributed by atoms with Crippen molar-refractivity contribution in [3.05, 3.63) is 66.8 Å². The lowest BCUT2D eigenvalue weighted by molar-refractivity contribution is -0.120. The maximum atomic E-state index is 14.8. The maximum Gasteiger partial charge on any atom is 0.238 e. The summed E-state index contributed by atoms with van der Waals surface area (Å²) in [6.07, 6.45) is 2.96. The van der Waals surface area contributed by atoms with E-state index in [1.54, 1.807) is 17.0 Å². The molecule has 2 heterocycles. The molecule has 4 nitrogen and oxygen atoms in total. The largest absolute Gasteiger partial charge is 0.307 e. The molecule has 0 unspecified atom stereocenters. The molecule has 11 heteroatoms. The fourth-order valence-electron chi connectivity index (χ4n) is 3.78. The number of carbonyl (C=O) groups excluding carboxylic acids is 1. The molecule has 1 aliphatic carbocycles. The number of rotatable bonds is 5. The number of benzene rings is 2. The van der Waals surface area contributed by atoms with Gasteiger partial charge in [0.2, 0.25) is 5.91 Å². The van der Waals surface area contributed by atoms with E-state index >= 15 is 0 Å². The van der Waals surface area contributed by atoms with Crippen molar-refractivity contribution in [1.29, 1.82) is 0 Å². The van der Waals surface area contributed by atoms with Gasteiger partial charge in [-0.2, -0.15) is 0 Å². The van der Waals surface area contributed by atoms with E-state index in [0.29, 0.717) is 40.7 Å². The first kappa shape index (κ1) is 21.6. The SMILES string of the molecule is O=C1N(Cc2cc(F)c(SNc3ncc(Cl)s3)cc2Cl)c2ccc(Cl)c(Cl)c2C12CC2. The summed E-state index contributed by atoms with van der Waals surface area (Å²) in [6, 6.07) is 6.33. The molecule has 3 aromatic rings. The number of nitrogens with one attached hydrogen (secondary N) is 1. The van der Waals surface area contributed by atoms with Gasteiger partial charge in [0.1, 0.15) is 10.2 Å². The van der Waals surface area contributed by atoms with Gasteiger partial charge in [-0.05, 0) is 54.6 Å². The van der Waals surface area contributed by atoms with Crippen molar-refractivity contribution in [2.45, 2.75) is 29.7 Å². The lowest BCUT2D eigenvalue weighted by atomic mass is 9.98. The number of thiazole rings is 1. The molecular weight excluding hydrogens is 523 g/mol. The normalized spacial score (nSPS) is 16.2. The monoisotopic (exact) mass is 533 g/mol. The van der Waals surface area contributed by atoms with Gasteiger partial charge in [-0.1, -0.05) is 57.7 Å². The molecule has 160 valence electrons. The van der Waals surface area contributed by atoms with Crippen molar-refractivity contribution < 1.29 is 9.18 Å². The summed E-state index contributed by atoms with van der Waals surface area (Å²) in [7, 11) is 0. The van der Waals surface area contributed by atoms with Crippen LogP contribution in [0.1, 0.15) is 24.0 Å². The van der Waals surface area contributed by atoms with E-state index in [1.165, 1.54) is 29.7 Å². The van der Waals surface area contributed by atoms with E-state index in [1.807, 2.05) is 0 Å². The predicted octanol–water partition coefficient (Wildman–Crippen LogP) is 7.59. The first-order chi connectivity index (χ1) is 14.8. The standard InChI is InChI=1S/C20H12Cl4FN3OS2/c21-10-1-2-13-16(17(10)24)20(3-4-20)18(29)28(13)8-9-5-12(25)14(6-11(9)22)31-27-19-26-7-15(23)30-19/h1-2,5-7H,3-4,8H2,(H,26,27). The summed E-state index contributed by atoms with van der Waals surface area (Å²) in [4.78, 5) is 19.2. The molecule has 1 N–H and O–H groups in total. The van der Waals surface area contributed by atoms with E-state index in [2.05, 4.69) is 9.71 Å². The summed E-state index contributed by atoms with van der Waals surface area (Å²) in [5.41, 5.74) is 1.36. The summed E-state index contributed by atoms with van der Waals surface area (Å²) in [6.45, 7) is 0.141. The first-order valence-corrected chi connectivity index (χ1v) is 12.3. The minimum Gasteiger partial charge on any atom is -0.307 e. The second kappa shape index (κ2) is 7.97. The van der Waals surface area contributed by atoms with Gasteiger partial charge >= 0.3 is 0 Å². The molecule has 1 aromatic heterocycles. The van der Waals surface area contributed by atoms with E-state index < -0.39 is 11.2 Å². The van der Waals surface area contributed by atoms with Gasteiger partial charge in [0.25, 0.3) is 0 Å². The first-order valence-electron chi connectivity index (χ1n) is 9.13. The molecule has 0 radical (unpaired) electrons. The number of hydrogen-bond donors (Lipinski definition) is 1. The van der Waals surface area contributed by atoms with Crippen LogP contribution in [0.2, 0.25) is 19.4 Å². The quantitative estimate of drug-likeness (QED) is 0.342. The van der Waals surface area contributed by atoms with Crippen LogP contribution in [-0.4, -0.2) is 10.9 Å². The zero-order valence-electron chi connectivity index (χ0n) is 15.5. The van der Waals surface area contributed by atoms with Crippen molar-refractivity contribution in [3.63, 3.8) is 0 Å². The molecule has 1 fully saturated rings. The molecule has 1 amide bonds. The molecule has 1 saturated carbocycles. The highest BCUT2D eigenvalue weighted by atomic mass is 35.5. The molecule has 31 heavy (non-hydrogen) atoms. The maximum absolute atomic E-state index is 14.8. The lowest BCUT2D eigenvalue weighted by Crippen LogP contribution is -2.31. The van der Waals surface area contributed by atoms with Crippen LogP contribution in [0, 0.1) is 5.82 Å². The highest BCUT2D eigenvalue weighted by Crippen LogP contribution is 2.60. The van der Waals surface area contributed by atoms with Crippen LogP contribution in [0.25, 0.3) is 0 Å². The molecule has 2 aliphatic rings. The number of carbonyl (C=O) groups is 1. The Labute approximate surface area is 205 Å². The fourth-order valence-corrected chi connectivity index (χ4v) is 6.11. The van der Waals surface area contributed by atoms with Crippen LogP contribution in [-0.2, 0) is 16.8 Å². The number of aromatic nitrogens is 1. The van der Waals surface area contributed by atoms with E-state index in [9.17, 15) is 9.18 Å². The Morgan fingerprint density at radius 3 is 2.65 bits per heavy atom. The van der Waals surface area contributed by atoms with Crippen LogP contribution in [0.4, 0.5) is 15.2 Å². The third kappa shape index (κ3) is 3.69. The van der Waals surface area contributed by atoms with Crippen LogP contribution in [0.15, 0.2) is 35.4 Å². The number of amides is 1. The average molecular weight is 535 g/mol. The third-order valence-electron chi connectivity index (χ3n) is 5.40. The van der Waals surface area contributed by atoms with Crippen molar-refractivity contribution in [3.8, 4) is 0 Å². The van der Waals surface area contributed by atoms with Crippen LogP contribution >= 0.6 is 69.7 Å². The number of anilines is 2. The molecule has 1 aliphatic heterocycles. The zero-order valence-corrected chi connectivity index (χ0v) is 20.2.